The zero-order valence-electron chi connectivity index (χ0n) is 10.00. The Bertz CT molecular complexity index is 196. The van der Waals surface area contributed by atoms with Gasteiger partial charge >= 0.3 is 0 Å². The van der Waals surface area contributed by atoms with Crippen LogP contribution in [0.15, 0.2) is 0 Å². The van der Waals surface area contributed by atoms with Crippen molar-refractivity contribution in [2.45, 2.75) is 51.5 Å². The summed E-state index contributed by atoms with van der Waals surface area (Å²) in [5.41, 5.74) is 0. The van der Waals surface area contributed by atoms with Gasteiger partial charge in [0.05, 0.1) is 0 Å². The molecule has 0 aliphatic carbocycles. The van der Waals surface area contributed by atoms with Gasteiger partial charge in [-0.25, -0.2) is 0 Å². The maximum atomic E-state index is 11.4. The summed E-state index contributed by atoms with van der Waals surface area (Å²) in [4.78, 5) is 13.5. The fourth-order valence-corrected chi connectivity index (χ4v) is 2.55. The number of hydrogen-bond donors (Lipinski definition) is 0. The van der Waals surface area contributed by atoms with Crippen LogP contribution in [-0.2, 0) is 4.79 Å². The van der Waals surface area contributed by atoms with Crippen molar-refractivity contribution in [3.63, 3.8) is 0 Å². The van der Waals surface area contributed by atoms with Crippen molar-refractivity contribution < 1.29 is 4.79 Å². The van der Waals surface area contributed by atoms with Gasteiger partial charge in [0.1, 0.15) is 0 Å². The molecular formula is C12H23NOS. The Balaban J connectivity index is 2.11. The van der Waals surface area contributed by atoms with E-state index in [-0.39, 0.29) is 0 Å². The minimum atomic E-state index is 0.375. The van der Waals surface area contributed by atoms with Gasteiger partial charge in [-0.3, -0.25) is 4.79 Å². The average molecular weight is 229 g/mol. The van der Waals surface area contributed by atoms with Crippen LogP contribution in [0.3, 0.4) is 0 Å². The highest BCUT2D eigenvalue weighted by atomic mass is 32.2. The number of unbranched alkanes of at least 4 members (excludes halogenated alkanes) is 2. The molecule has 0 aromatic rings. The van der Waals surface area contributed by atoms with Crippen molar-refractivity contribution in [3.05, 3.63) is 0 Å². The van der Waals surface area contributed by atoms with Crippen LogP contribution in [0.2, 0.25) is 0 Å². The molecule has 0 aromatic heterocycles. The highest BCUT2D eigenvalue weighted by Gasteiger charge is 2.34. The van der Waals surface area contributed by atoms with Crippen LogP contribution < -0.4 is 0 Å². The van der Waals surface area contributed by atoms with Crippen LogP contribution in [-0.4, -0.2) is 35.4 Å². The fourth-order valence-electron chi connectivity index (χ4n) is 2.05. The summed E-state index contributed by atoms with van der Waals surface area (Å²) >= 11 is 1.89. The lowest BCUT2D eigenvalue weighted by atomic mass is 9.96. The van der Waals surface area contributed by atoms with Crippen LogP contribution >= 0.6 is 11.8 Å². The number of thioether (sulfide) groups is 1. The third-order valence-corrected chi connectivity index (χ3v) is 3.76. The third kappa shape index (κ3) is 4.06. The molecule has 3 heteroatoms. The average Bonchev–Trinajstić information content (AvgIpc) is 2.23. The summed E-state index contributed by atoms with van der Waals surface area (Å²) in [6.07, 6.45) is 9.08. The molecule has 0 radical (unpaired) electrons. The van der Waals surface area contributed by atoms with E-state index in [9.17, 15) is 4.79 Å². The minimum absolute atomic E-state index is 0.375. The number of carbonyl (C=O) groups is 1. The molecule has 1 unspecified atom stereocenters. The zero-order chi connectivity index (χ0) is 11.1. The molecule has 1 aliphatic heterocycles. The number of amides is 1. The largest absolute Gasteiger partial charge is 0.339 e. The van der Waals surface area contributed by atoms with Gasteiger partial charge in [0.25, 0.3) is 0 Å². The van der Waals surface area contributed by atoms with Crippen molar-refractivity contribution in [2.24, 2.45) is 0 Å². The highest BCUT2D eigenvalue weighted by Crippen LogP contribution is 2.24. The molecule has 0 spiro atoms. The van der Waals surface area contributed by atoms with Gasteiger partial charge in [-0.2, -0.15) is 11.8 Å². The number of likely N-dealkylation sites (tertiary alicyclic amines) is 1. The first-order chi connectivity index (χ1) is 7.29. The predicted molar refractivity (Wildman–Crippen MR) is 67.3 cm³/mol. The van der Waals surface area contributed by atoms with Gasteiger partial charge < -0.3 is 4.90 Å². The molecule has 1 heterocycles. The van der Waals surface area contributed by atoms with E-state index in [1.165, 1.54) is 37.9 Å². The highest BCUT2D eigenvalue weighted by molar-refractivity contribution is 7.98. The molecule has 1 atom stereocenters. The summed E-state index contributed by atoms with van der Waals surface area (Å²) < 4.78 is 0. The number of β-lactam (4-membered cyclic amide) rings is 1. The first kappa shape index (κ1) is 12.9. The summed E-state index contributed by atoms with van der Waals surface area (Å²) in [5.74, 6) is 1.60. The number of nitrogens with zero attached hydrogens (tertiary/aromatic N) is 1. The Morgan fingerprint density at radius 2 is 2.20 bits per heavy atom. The summed E-state index contributed by atoms with van der Waals surface area (Å²) in [6, 6.07) is 0.576. The quantitative estimate of drug-likeness (QED) is 0.471. The van der Waals surface area contributed by atoms with E-state index in [4.69, 9.17) is 0 Å². The Kier molecular flexibility index (Phi) is 6.15. The van der Waals surface area contributed by atoms with E-state index in [1.807, 2.05) is 11.8 Å². The standard InChI is InChI=1S/C12H23NOS/c1-3-4-7-11-10-12(14)13(11)8-5-6-9-15-2/h11H,3-10H2,1-2H3. The zero-order valence-corrected chi connectivity index (χ0v) is 10.8. The van der Waals surface area contributed by atoms with Crippen LogP contribution in [0.1, 0.15) is 45.4 Å². The van der Waals surface area contributed by atoms with E-state index < -0.39 is 0 Å². The molecule has 0 bridgehead atoms. The Hall–Kier alpha value is -0.180. The number of hydrogen-bond acceptors (Lipinski definition) is 2. The van der Waals surface area contributed by atoms with Crippen LogP contribution in [0.5, 0.6) is 0 Å². The van der Waals surface area contributed by atoms with E-state index in [0.717, 1.165) is 13.0 Å². The SMILES string of the molecule is CCCCC1CC(=O)N1CCCCSC. The lowest BCUT2D eigenvalue weighted by molar-refractivity contribution is -0.146. The molecule has 1 amide bonds. The molecule has 1 aliphatic rings. The maximum absolute atomic E-state index is 11.4. The molecule has 1 fully saturated rings. The summed E-state index contributed by atoms with van der Waals surface area (Å²) in [7, 11) is 0. The molecule has 88 valence electrons. The van der Waals surface area contributed by atoms with Crippen LogP contribution in [0.4, 0.5) is 0 Å². The van der Waals surface area contributed by atoms with E-state index in [2.05, 4.69) is 18.1 Å². The van der Waals surface area contributed by atoms with Crippen molar-refractivity contribution in [1.29, 1.82) is 0 Å². The normalized spacial score (nSPS) is 20.5. The summed E-state index contributed by atoms with van der Waals surface area (Å²) in [5, 5.41) is 0. The second kappa shape index (κ2) is 7.15. The van der Waals surface area contributed by atoms with Crippen molar-refractivity contribution in [1.82, 2.24) is 4.90 Å². The summed E-state index contributed by atoms with van der Waals surface area (Å²) in [6.45, 7) is 3.21. The van der Waals surface area contributed by atoms with Crippen molar-refractivity contribution in [2.75, 3.05) is 18.6 Å². The monoisotopic (exact) mass is 229 g/mol. The van der Waals surface area contributed by atoms with E-state index >= 15 is 0 Å². The van der Waals surface area contributed by atoms with Gasteiger partial charge in [-0.1, -0.05) is 19.8 Å². The van der Waals surface area contributed by atoms with Crippen LogP contribution in [0.25, 0.3) is 0 Å². The third-order valence-electron chi connectivity index (χ3n) is 3.06. The first-order valence-electron chi connectivity index (χ1n) is 6.08. The Morgan fingerprint density at radius 1 is 1.40 bits per heavy atom. The molecule has 0 aromatic carbocycles. The second-order valence-electron chi connectivity index (χ2n) is 4.29. The molecular weight excluding hydrogens is 206 g/mol. The maximum Gasteiger partial charge on any atom is 0.224 e. The molecule has 15 heavy (non-hydrogen) atoms. The van der Waals surface area contributed by atoms with Crippen molar-refractivity contribution in [3.8, 4) is 0 Å². The van der Waals surface area contributed by atoms with Crippen molar-refractivity contribution >= 4 is 17.7 Å². The van der Waals surface area contributed by atoms with E-state index in [1.54, 1.807) is 0 Å². The second-order valence-corrected chi connectivity index (χ2v) is 5.27. The van der Waals surface area contributed by atoms with E-state index in [0.29, 0.717) is 11.9 Å². The smallest absolute Gasteiger partial charge is 0.224 e. The Labute approximate surface area is 97.8 Å². The predicted octanol–water partition coefficient (Wildman–Crippen LogP) is 2.92. The molecule has 2 nitrogen and oxygen atoms in total. The number of rotatable bonds is 8. The van der Waals surface area contributed by atoms with Gasteiger partial charge in [0.2, 0.25) is 5.91 Å². The lowest BCUT2D eigenvalue weighted by Crippen LogP contribution is -2.52. The fraction of sp³-hybridized carbons (Fsp3) is 0.917. The van der Waals surface area contributed by atoms with Crippen LogP contribution in [0, 0.1) is 0 Å². The Morgan fingerprint density at radius 3 is 2.80 bits per heavy atom. The van der Waals surface area contributed by atoms with Gasteiger partial charge in [0, 0.05) is 19.0 Å². The molecule has 1 rings (SSSR count). The molecule has 0 saturated carbocycles. The lowest BCUT2D eigenvalue weighted by Gasteiger charge is -2.40. The first-order valence-corrected chi connectivity index (χ1v) is 7.47. The van der Waals surface area contributed by atoms with Gasteiger partial charge in [-0.15, -0.1) is 0 Å². The molecule has 1 saturated heterocycles. The molecule has 0 N–H and O–H groups in total. The van der Waals surface area contributed by atoms with Gasteiger partial charge in [0.15, 0.2) is 0 Å². The minimum Gasteiger partial charge on any atom is -0.339 e. The number of carbonyl (C=O) groups excluding carboxylic acids is 1. The van der Waals surface area contributed by atoms with Gasteiger partial charge in [-0.05, 0) is 31.3 Å². The topological polar surface area (TPSA) is 20.3 Å².